The van der Waals surface area contributed by atoms with Crippen molar-refractivity contribution < 1.29 is 9.84 Å². The fourth-order valence-electron chi connectivity index (χ4n) is 2.32. The molecule has 1 atom stereocenters. The molecule has 2 aromatic heterocycles. The molecule has 1 saturated heterocycles. The molecule has 2 aromatic rings. The largest absolute Gasteiger partial charge is 0.386 e. The van der Waals surface area contributed by atoms with Gasteiger partial charge in [-0.05, 0) is 34.8 Å². The van der Waals surface area contributed by atoms with Crippen molar-refractivity contribution in [3.63, 3.8) is 0 Å². The van der Waals surface area contributed by atoms with Crippen LogP contribution >= 0.6 is 15.9 Å². The van der Waals surface area contributed by atoms with Gasteiger partial charge in [-0.2, -0.15) is 0 Å². The molecule has 20 heavy (non-hydrogen) atoms. The molecule has 1 aliphatic rings. The second-order valence-corrected chi connectivity index (χ2v) is 5.99. The maximum absolute atomic E-state index is 10.4. The number of aromatic nitrogens is 4. The Morgan fingerprint density at radius 2 is 2.35 bits per heavy atom. The Morgan fingerprint density at radius 1 is 1.45 bits per heavy atom. The van der Waals surface area contributed by atoms with Gasteiger partial charge in [-0.1, -0.05) is 5.21 Å². The highest BCUT2D eigenvalue weighted by Gasteiger charge is 2.31. The van der Waals surface area contributed by atoms with E-state index >= 15 is 0 Å². The summed E-state index contributed by atoms with van der Waals surface area (Å²) in [6, 6.07) is 1.93. The molecule has 3 heterocycles. The van der Waals surface area contributed by atoms with E-state index in [0.717, 1.165) is 28.6 Å². The van der Waals surface area contributed by atoms with E-state index in [0.29, 0.717) is 19.8 Å². The Kier molecular flexibility index (Phi) is 3.82. The normalized spacial score (nSPS) is 22.9. The first-order valence-corrected chi connectivity index (χ1v) is 7.25. The van der Waals surface area contributed by atoms with Gasteiger partial charge in [-0.25, -0.2) is 4.68 Å². The number of rotatable bonds is 3. The lowest BCUT2D eigenvalue weighted by Crippen LogP contribution is -2.42. The molecule has 0 amide bonds. The monoisotopic (exact) mass is 338 g/mol. The summed E-state index contributed by atoms with van der Waals surface area (Å²) in [5.41, 5.74) is 0.773. The number of nitrogens with zero attached hydrogens (tertiary/aromatic N) is 4. The predicted molar refractivity (Wildman–Crippen MR) is 76.0 cm³/mol. The minimum absolute atomic E-state index is 0.348. The van der Waals surface area contributed by atoms with E-state index in [4.69, 9.17) is 4.74 Å². The van der Waals surface area contributed by atoms with Gasteiger partial charge < -0.3 is 9.84 Å². The van der Waals surface area contributed by atoms with Gasteiger partial charge in [-0.3, -0.25) is 4.98 Å². The molecule has 0 aliphatic carbocycles. The van der Waals surface area contributed by atoms with Crippen LogP contribution in [0.3, 0.4) is 0 Å². The number of ether oxygens (including phenoxy) is 1. The number of hydrogen-bond donors (Lipinski definition) is 1. The molecule has 6 nitrogen and oxygen atoms in total. The van der Waals surface area contributed by atoms with Gasteiger partial charge in [0, 0.05) is 29.0 Å². The molecule has 0 bridgehead atoms. The highest BCUT2D eigenvalue weighted by molar-refractivity contribution is 9.10. The molecule has 3 rings (SSSR count). The van der Waals surface area contributed by atoms with Crippen LogP contribution in [-0.2, 0) is 11.3 Å². The minimum Gasteiger partial charge on any atom is -0.386 e. The van der Waals surface area contributed by atoms with Crippen molar-refractivity contribution >= 4 is 15.9 Å². The fourth-order valence-corrected chi connectivity index (χ4v) is 2.69. The average Bonchev–Trinajstić information content (AvgIpc) is 2.87. The van der Waals surface area contributed by atoms with Gasteiger partial charge in [0.2, 0.25) is 0 Å². The Hall–Kier alpha value is -1.31. The zero-order valence-corrected chi connectivity index (χ0v) is 12.5. The Labute approximate surface area is 124 Å². The van der Waals surface area contributed by atoms with E-state index in [2.05, 4.69) is 31.2 Å². The van der Waals surface area contributed by atoms with Gasteiger partial charge in [0.05, 0.1) is 19.3 Å². The van der Waals surface area contributed by atoms with Crippen molar-refractivity contribution in [2.75, 3.05) is 13.2 Å². The fraction of sp³-hybridized carbons (Fsp3) is 0.462. The third-order valence-electron chi connectivity index (χ3n) is 3.30. The lowest BCUT2D eigenvalue weighted by molar-refractivity contribution is -0.0960. The Balaban J connectivity index is 1.77. The summed E-state index contributed by atoms with van der Waals surface area (Å²) in [5.74, 6) is 0. The first kappa shape index (κ1) is 13.7. The molecule has 0 saturated carbocycles. The van der Waals surface area contributed by atoms with Crippen LogP contribution in [0.4, 0.5) is 0 Å². The molecule has 0 aromatic carbocycles. The Bertz CT molecular complexity index is 596. The maximum Gasteiger partial charge on any atom is 0.114 e. The van der Waals surface area contributed by atoms with Crippen molar-refractivity contribution in [1.82, 2.24) is 20.0 Å². The van der Waals surface area contributed by atoms with E-state index in [-0.39, 0.29) is 0 Å². The van der Waals surface area contributed by atoms with E-state index in [1.165, 1.54) is 0 Å². The standard InChI is InChI=1S/C13H15BrN4O2/c14-11-4-10(5-15-6-11)12-7-18(17-16-12)8-13(19)2-1-3-20-9-13/h4-7,19H,1-3,8-9H2. The summed E-state index contributed by atoms with van der Waals surface area (Å²) >= 11 is 3.38. The van der Waals surface area contributed by atoms with E-state index in [1.807, 2.05) is 12.3 Å². The maximum atomic E-state index is 10.4. The van der Waals surface area contributed by atoms with Crippen molar-refractivity contribution in [2.24, 2.45) is 0 Å². The van der Waals surface area contributed by atoms with E-state index in [1.54, 1.807) is 17.1 Å². The van der Waals surface area contributed by atoms with Gasteiger partial charge in [0.15, 0.2) is 0 Å². The summed E-state index contributed by atoms with van der Waals surface area (Å²) in [4.78, 5) is 4.11. The lowest BCUT2D eigenvalue weighted by atomic mass is 9.97. The van der Waals surface area contributed by atoms with Crippen molar-refractivity contribution in [3.8, 4) is 11.3 Å². The summed E-state index contributed by atoms with van der Waals surface area (Å²) in [7, 11) is 0. The molecule has 1 unspecified atom stereocenters. The first-order valence-electron chi connectivity index (χ1n) is 6.46. The lowest BCUT2D eigenvalue weighted by Gasteiger charge is -2.31. The van der Waals surface area contributed by atoms with E-state index < -0.39 is 5.60 Å². The van der Waals surface area contributed by atoms with Crippen LogP contribution in [0.15, 0.2) is 29.1 Å². The van der Waals surface area contributed by atoms with Crippen molar-refractivity contribution in [1.29, 1.82) is 0 Å². The van der Waals surface area contributed by atoms with Gasteiger partial charge in [0.1, 0.15) is 11.3 Å². The summed E-state index contributed by atoms with van der Waals surface area (Å²) in [6.45, 7) is 1.46. The van der Waals surface area contributed by atoms with Crippen LogP contribution in [-0.4, -0.2) is 43.9 Å². The highest BCUT2D eigenvalue weighted by atomic mass is 79.9. The molecule has 0 spiro atoms. The molecule has 1 aliphatic heterocycles. The number of halogens is 1. The van der Waals surface area contributed by atoms with Crippen LogP contribution in [0.2, 0.25) is 0 Å². The van der Waals surface area contributed by atoms with Crippen LogP contribution in [0, 0.1) is 0 Å². The highest BCUT2D eigenvalue weighted by Crippen LogP contribution is 2.23. The summed E-state index contributed by atoms with van der Waals surface area (Å²) < 4.78 is 7.89. The third-order valence-corrected chi connectivity index (χ3v) is 3.73. The van der Waals surface area contributed by atoms with Crippen molar-refractivity contribution in [3.05, 3.63) is 29.1 Å². The average molecular weight is 339 g/mol. The number of aliphatic hydroxyl groups is 1. The molecule has 7 heteroatoms. The van der Waals surface area contributed by atoms with E-state index in [9.17, 15) is 5.11 Å². The quantitative estimate of drug-likeness (QED) is 0.920. The first-order chi connectivity index (χ1) is 9.65. The van der Waals surface area contributed by atoms with Crippen LogP contribution in [0.5, 0.6) is 0 Å². The SMILES string of the molecule is OC1(Cn2cc(-c3cncc(Br)c3)nn2)CCCOC1. The molecule has 106 valence electrons. The summed E-state index contributed by atoms with van der Waals surface area (Å²) in [5, 5.41) is 18.6. The number of pyridine rings is 1. The molecule has 0 radical (unpaired) electrons. The second-order valence-electron chi connectivity index (χ2n) is 5.07. The van der Waals surface area contributed by atoms with Crippen LogP contribution < -0.4 is 0 Å². The van der Waals surface area contributed by atoms with Crippen LogP contribution in [0.1, 0.15) is 12.8 Å². The molecule has 1 fully saturated rings. The smallest absolute Gasteiger partial charge is 0.114 e. The molecule has 1 N–H and O–H groups in total. The zero-order valence-electron chi connectivity index (χ0n) is 10.9. The number of hydrogen-bond acceptors (Lipinski definition) is 5. The zero-order chi connectivity index (χ0) is 14.0. The minimum atomic E-state index is -0.848. The Morgan fingerprint density at radius 3 is 3.10 bits per heavy atom. The third kappa shape index (κ3) is 3.05. The molecular formula is C13H15BrN4O2. The second kappa shape index (κ2) is 5.59. The van der Waals surface area contributed by atoms with Gasteiger partial charge >= 0.3 is 0 Å². The van der Waals surface area contributed by atoms with Crippen molar-refractivity contribution in [2.45, 2.75) is 25.0 Å². The van der Waals surface area contributed by atoms with Gasteiger partial charge in [0.25, 0.3) is 0 Å². The van der Waals surface area contributed by atoms with Crippen LogP contribution in [0.25, 0.3) is 11.3 Å². The molecular weight excluding hydrogens is 324 g/mol. The van der Waals surface area contributed by atoms with Gasteiger partial charge in [-0.15, -0.1) is 5.10 Å². The topological polar surface area (TPSA) is 73.1 Å². The summed E-state index contributed by atoms with van der Waals surface area (Å²) in [6.07, 6.45) is 6.86. The predicted octanol–water partition coefficient (Wildman–Crippen LogP) is 1.64.